The number of pyridine rings is 1. The van der Waals surface area contributed by atoms with Crippen molar-refractivity contribution >= 4 is 0 Å². The molecule has 2 N–H and O–H groups in total. The van der Waals surface area contributed by atoms with Crippen molar-refractivity contribution in [1.82, 2.24) is 10.3 Å². The molecule has 2 rings (SSSR count). The van der Waals surface area contributed by atoms with Gasteiger partial charge in [0.1, 0.15) is 24.3 Å². The predicted molar refractivity (Wildman–Crippen MR) is 73.8 cm³/mol. The summed E-state index contributed by atoms with van der Waals surface area (Å²) in [4.78, 5) is 3.93. The first kappa shape index (κ1) is 14.4. The van der Waals surface area contributed by atoms with Crippen LogP contribution >= 0.6 is 0 Å². The number of nitrogens with one attached hydrogen (secondary N) is 1. The monoisotopic (exact) mass is 276 g/mol. The van der Waals surface area contributed by atoms with E-state index in [4.69, 9.17) is 4.74 Å². The van der Waals surface area contributed by atoms with Crippen LogP contribution in [0.25, 0.3) is 0 Å². The van der Waals surface area contributed by atoms with E-state index in [2.05, 4.69) is 10.3 Å². The first-order chi connectivity index (χ1) is 9.74. The summed E-state index contributed by atoms with van der Waals surface area (Å²) in [5.74, 6) is 0.233. The van der Waals surface area contributed by atoms with Crippen molar-refractivity contribution < 1.29 is 14.2 Å². The zero-order chi connectivity index (χ0) is 14.2. The van der Waals surface area contributed by atoms with E-state index in [9.17, 15) is 9.50 Å². The summed E-state index contributed by atoms with van der Waals surface area (Å²) in [6.07, 6.45) is 2.83. The fourth-order valence-electron chi connectivity index (χ4n) is 1.67. The molecule has 0 aliphatic rings. The Labute approximate surface area is 117 Å². The molecule has 20 heavy (non-hydrogen) atoms. The Hall–Kier alpha value is -1.98. The normalized spacial score (nSPS) is 12.1. The molecular formula is C15H17FN2O2. The highest BCUT2D eigenvalue weighted by Gasteiger charge is 2.05. The van der Waals surface area contributed by atoms with Crippen molar-refractivity contribution in [1.29, 1.82) is 0 Å². The molecule has 0 saturated heterocycles. The Morgan fingerprint density at radius 1 is 1.15 bits per heavy atom. The largest absolute Gasteiger partial charge is 0.491 e. The second kappa shape index (κ2) is 7.57. The summed E-state index contributed by atoms with van der Waals surface area (Å²) in [5, 5.41) is 12.9. The molecule has 0 radical (unpaired) electrons. The molecule has 1 atom stereocenters. The maximum absolute atomic E-state index is 12.7. The van der Waals surface area contributed by atoms with Crippen molar-refractivity contribution in [2.75, 3.05) is 13.2 Å². The summed E-state index contributed by atoms with van der Waals surface area (Å²) in [6, 6.07) is 9.54. The number of hydrogen-bond donors (Lipinski definition) is 2. The maximum Gasteiger partial charge on any atom is 0.123 e. The van der Waals surface area contributed by atoms with Gasteiger partial charge in [0, 0.05) is 25.5 Å². The van der Waals surface area contributed by atoms with Gasteiger partial charge >= 0.3 is 0 Å². The summed E-state index contributed by atoms with van der Waals surface area (Å²) in [6.45, 7) is 1.24. The Morgan fingerprint density at radius 3 is 2.55 bits per heavy atom. The fourth-order valence-corrected chi connectivity index (χ4v) is 1.67. The highest BCUT2D eigenvalue weighted by molar-refractivity contribution is 5.22. The number of halogens is 1. The molecule has 0 spiro atoms. The van der Waals surface area contributed by atoms with Crippen molar-refractivity contribution in [3.05, 3.63) is 60.2 Å². The van der Waals surface area contributed by atoms with Crippen molar-refractivity contribution in [2.24, 2.45) is 0 Å². The van der Waals surface area contributed by atoms with Crippen LogP contribution in [0.15, 0.2) is 48.8 Å². The summed E-state index contributed by atoms with van der Waals surface area (Å²) >= 11 is 0. The van der Waals surface area contributed by atoms with E-state index < -0.39 is 6.10 Å². The smallest absolute Gasteiger partial charge is 0.123 e. The number of rotatable bonds is 7. The highest BCUT2D eigenvalue weighted by atomic mass is 19.1. The fraction of sp³-hybridized carbons (Fsp3) is 0.267. The first-order valence-corrected chi connectivity index (χ1v) is 6.40. The summed E-state index contributed by atoms with van der Waals surface area (Å²) in [7, 11) is 0. The van der Waals surface area contributed by atoms with Crippen molar-refractivity contribution in [2.45, 2.75) is 12.6 Å². The summed E-state index contributed by atoms with van der Waals surface area (Å²) in [5.41, 5.74) is 1.10. The van der Waals surface area contributed by atoms with E-state index in [1.165, 1.54) is 24.3 Å². The zero-order valence-corrected chi connectivity index (χ0v) is 11.0. The van der Waals surface area contributed by atoms with E-state index in [0.29, 0.717) is 18.8 Å². The van der Waals surface area contributed by atoms with Gasteiger partial charge in [-0.2, -0.15) is 0 Å². The maximum atomic E-state index is 12.7. The van der Waals surface area contributed by atoms with E-state index >= 15 is 0 Å². The number of nitrogens with zero attached hydrogens (tertiary/aromatic N) is 1. The van der Waals surface area contributed by atoms with Gasteiger partial charge in [0.2, 0.25) is 0 Å². The minimum atomic E-state index is -0.623. The quantitative estimate of drug-likeness (QED) is 0.809. The zero-order valence-electron chi connectivity index (χ0n) is 11.0. The Morgan fingerprint density at radius 2 is 1.85 bits per heavy atom. The Balaban J connectivity index is 1.65. The van der Waals surface area contributed by atoms with Crippen LogP contribution in [0.1, 0.15) is 5.56 Å². The van der Waals surface area contributed by atoms with Crippen molar-refractivity contribution in [3.8, 4) is 5.75 Å². The molecule has 1 aromatic carbocycles. The number of ether oxygens (including phenoxy) is 1. The average Bonchev–Trinajstić information content (AvgIpc) is 2.48. The predicted octanol–water partition coefficient (Wildman–Crippen LogP) is 1.75. The van der Waals surface area contributed by atoms with Crippen LogP contribution in [0.3, 0.4) is 0 Å². The van der Waals surface area contributed by atoms with Gasteiger partial charge in [0.25, 0.3) is 0 Å². The van der Waals surface area contributed by atoms with Gasteiger partial charge < -0.3 is 15.2 Å². The third-order valence-electron chi connectivity index (χ3n) is 2.71. The lowest BCUT2D eigenvalue weighted by atomic mass is 10.2. The lowest BCUT2D eigenvalue weighted by Crippen LogP contribution is -2.31. The molecule has 1 heterocycles. The van der Waals surface area contributed by atoms with Crippen LogP contribution < -0.4 is 10.1 Å². The third-order valence-corrected chi connectivity index (χ3v) is 2.71. The molecule has 1 aromatic heterocycles. The Kier molecular flexibility index (Phi) is 5.46. The second-order valence-corrected chi connectivity index (χ2v) is 4.41. The van der Waals surface area contributed by atoms with Crippen LogP contribution in [0.2, 0.25) is 0 Å². The highest BCUT2D eigenvalue weighted by Crippen LogP contribution is 2.11. The van der Waals surface area contributed by atoms with Gasteiger partial charge in [0.05, 0.1) is 0 Å². The lowest BCUT2D eigenvalue weighted by Gasteiger charge is -2.13. The number of aliphatic hydroxyl groups is 1. The molecule has 0 saturated carbocycles. The van der Waals surface area contributed by atoms with Crippen LogP contribution in [-0.2, 0) is 6.54 Å². The molecular weight excluding hydrogens is 259 g/mol. The van der Waals surface area contributed by atoms with E-state index in [-0.39, 0.29) is 12.4 Å². The Bertz CT molecular complexity index is 505. The number of hydrogen-bond acceptors (Lipinski definition) is 4. The lowest BCUT2D eigenvalue weighted by molar-refractivity contribution is 0.106. The van der Waals surface area contributed by atoms with E-state index in [0.717, 1.165) is 5.56 Å². The van der Waals surface area contributed by atoms with Crippen molar-refractivity contribution in [3.63, 3.8) is 0 Å². The molecule has 0 bridgehead atoms. The van der Waals surface area contributed by atoms with E-state index in [1.54, 1.807) is 12.4 Å². The van der Waals surface area contributed by atoms with Gasteiger partial charge in [-0.25, -0.2) is 4.39 Å². The molecule has 0 aliphatic carbocycles. The molecule has 0 fully saturated rings. The number of benzene rings is 1. The van der Waals surface area contributed by atoms with Gasteiger partial charge in [0.15, 0.2) is 0 Å². The van der Waals surface area contributed by atoms with Crippen LogP contribution in [0.5, 0.6) is 5.75 Å². The van der Waals surface area contributed by atoms with E-state index in [1.807, 2.05) is 12.1 Å². The average molecular weight is 276 g/mol. The number of aliphatic hydroxyl groups excluding tert-OH is 1. The summed E-state index contributed by atoms with van der Waals surface area (Å²) < 4.78 is 18.1. The SMILES string of the molecule is OC(CNCc1ccncc1)COc1ccc(F)cc1. The van der Waals surface area contributed by atoms with Gasteiger partial charge in [-0.1, -0.05) is 0 Å². The minimum Gasteiger partial charge on any atom is -0.491 e. The van der Waals surface area contributed by atoms with Gasteiger partial charge in [-0.15, -0.1) is 0 Å². The third kappa shape index (κ3) is 4.95. The molecule has 5 heteroatoms. The van der Waals surface area contributed by atoms with Crippen LogP contribution in [0, 0.1) is 5.82 Å². The molecule has 1 unspecified atom stereocenters. The topological polar surface area (TPSA) is 54.4 Å². The first-order valence-electron chi connectivity index (χ1n) is 6.40. The molecule has 0 aliphatic heterocycles. The van der Waals surface area contributed by atoms with Crippen LogP contribution in [0.4, 0.5) is 4.39 Å². The number of aromatic nitrogens is 1. The molecule has 106 valence electrons. The standard InChI is InChI=1S/C15H17FN2O2/c16-13-1-3-15(4-2-13)20-11-14(19)10-18-9-12-5-7-17-8-6-12/h1-8,14,18-19H,9-11H2. The molecule has 0 amide bonds. The molecule has 2 aromatic rings. The second-order valence-electron chi connectivity index (χ2n) is 4.41. The van der Waals surface area contributed by atoms with Crippen LogP contribution in [-0.4, -0.2) is 29.3 Å². The molecule has 4 nitrogen and oxygen atoms in total. The van der Waals surface area contributed by atoms with Gasteiger partial charge in [-0.3, -0.25) is 4.98 Å². The minimum absolute atomic E-state index is 0.162. The van der Waals surface area contributed by atoms with Gasteiger partial charge in [-0.05, 0) is 42.0 Å².